The van der Waals surface area contributed by atoms with Crippen LogP contribution in [-0.2, 0) is 4.79 Å². The van der Waals surface area contributed by atoms with Gasteiger partial charge in [0.05, 0.1) is 5.92 Å². The minimum absolute atomic E-state index is 0.0631. The van der Waals surface area contributed by atoms with Crippen molar-refractivity contribution in [3.05, 3.63) is 42.0 Å². The van der Waals surface area contributed by atoms with E-state index in [0.29, 0.717) is 11.7 Å². The van der Waals surface area contributed by atoms with E-state index in [0.717, 1.165) is 43.1 Å². The zero-order valence-corrected chi connectivity index (χ0v) is 21.0. The molecule has 0 radical (unpaired) electrons. The zero-order chi connectivity index (χ0) is 23.3. The van der Waals surface area contributed by atoms with Gasteiger partial charge in [-0.1, -0.05) is 70.3 Å². The van der Waals surface area contributed by atoms with Gasteiger partial charge in [-0.05, 0) is 99.5 Å². The molecule has 0 amide bonds. The topological polar surface area (TPSA) is 26.3 Å². The summed E-state index contributed by atoms with van der Waals surface area (Å²) in [5, 5.41) is 0. The number of ether oxygens (including phenoxy) is 1. The summed E-state index contributed by atoms with van der Waals surface area (Å²) in [5.74, 6) is 9.49. The highest BCUT2D eigenvalue weighted by molar-refractivity contribution is 5.75. The van der Waals surface area contributed by atoms with Crippen LogP contribution in [0, 0.1) is 35.5 Å². The van der Waals surface area contributed by atoms with Crippen molar-refractivity contribution >= 4 is 5.97 Å². The lowest BCUT2D eigenvalue weighted by Crippen LogP contribution is -2.25. The van der Waals surface area contributed by atoms with E-state index in [2.05, 4.69) is 31.8 Å². The Morgan fingerprint density at radius 2 is 1.55 bits per heavy atom. The maximum Gasteiger partial charge on any atom is 0.314 e. The number of allylic oxidation sites excluding steroid dienone is 2. The zero-order valence-electron chi connectivity index (χ0n) is 21.0. The Hall–Kier alpha value is -2.01. The second-order valence-electron chi connectivity index (χ2n) is 10.4. The highest BCUT2D eigenvalue weighted by Gasteiger charge is 2.27. The van der Waals surface area contributed by atoms with Gasteiger partial charge in [0.25, 0.3) is 0 Å². The van der Waals surface area contributed by atoms with Gasteiger partial charge in [-0.2, -0.15) is 0 Å². The van der Waals surface area contributed by atoms with Crippen LogP contribution in [0.3, 0.4) is 0 Å². The van der Waals surface area contributed by atoms with Gasteiger partial charge in [0.1, 0.15) is 5.75 Å². The van der Waals surface area contributed by atoms with Crippen LogP contribution in [0.5, 0.6) is 5.75 Å². The fraction of sp³-hybridized carbons (Fsp3) is 0.645. The Kier molecular flexibility index (Phi) is 11.1. The highest BCUT2D eigenvalue weighted by Crippen LogP contribution is 2.33. The average Bonchev–Trinajstić information content (AvgIpc) is 2.84. The molecule has 0 heterocycles. The van der Waals surface area contributed by atoms with Crippen molar-refractivity contribution < 1.29 is 9.53 Å². The Morgan fingerprint density at radius 3 is 2.21 bits per heavy atom. The Labute approximate surface area is 202 Å². The molecule has 2 aliphatic carbocycles. The number of carbonyl (C=O) groups excluding carboxylic acids is 1. The van der Waals surface area contributed by atoms with Crippen LogP contribution >= 0.6 is 0 Å². The minimum Gasteiger partial charge on any atom is -0.426 e. The maximum atomic E-state index is 12.5. The third-order valence-electron chi connectivity index (χ3n) is 7.73. The summed E-state index contributed by atoms with van der Waals surface area (Å²) < 4.78 is 5.65. The first kappa shape index (κ1) is 25.6. The number of benzene rings is 1. The van der Waals surface area contributed by atoms with Gasteiger partial charge in [-0.25, -0.2) is 0 Å². The van der Waals surface area contributed by atoms with E-state index in [-0.39, 0.29) is 11.9 Å². The molecular formula is C31H44O2. The van der Waals surface area contributed by atoms with Crippen molar-refractivity contribution in [3.8, 4) is 17.6 Å². The van der Waals surface area contributed by atoms with Crippen molar-refractivity contribution in [1.82, 2.24) is 0 Å². The van der Waals surface area contributed by atoms with Crippen LogP contribution in [0.2, 0.25) is 0 Å². The van der Waals surface area contributed by atoms with Gasteiger partial charge in [-0.15, -0.1) is 0 Å². The first-order valence-electron chi connectivity index (χ1n) is 13.7. The van der Waals surface area contributed by atoms with Crippen LogP contribution in [0.15, 0.2) is 36.4 Å². The molecular weight excluding hydrogens is 404 g/mol. The van der Waals surface area contributed by atoms with E-state index in [1.54, 1.807) is 0 Å². The van der Waals surface area contributed by atoms with Gasteiger partial charge in [-0.3, -0.25) is 4.79 Å². The Bertz CT molecular complexity index is 778. The molecule has 1 aromatic carbocycles. The molecule has 1 aromatic rings. The molecule has 0 spiro atoms. The van der Waals surface area contributed by atoms with Crippen LogP contribution in [-0.4, -0.2) is 5.97 Å². The second-order valence-corrected chi connectivity index (χ2v) is 10.4. The number of hydrogen-bond acceptors (Lipinski definition) is 2. The lowest BCUT2D eigenvalue weighted by molar-refractivity contribution is -0.140. The smallest absolute Gasteiger partial charge is 0.314 e. The van der Waals surface area contributed by atoms with Crippen LogP contribution in [0.1, 0.15) is 109 Å². The normalized spacial score (nSPS) is 25.4. The van der Waals surface area contributed by atoms with E-state index in [1.807, 2.05) is 30.3 Å². The molecule has 2 fully saturated rings. The molecule has 2 aliphatic rings. The third-order valence-corrected chi connectivity index (χ3v) is 7.73. The summed E-state index contributed by atoms with van der Waals surface area (Å²) in [6.45, 7) is 4.53. The maximum absolute atomic E-state index is 12.5. The van der Waals surface area contributed by atoms with Crippen molar-refractivity contribution in [2.45, 2.75) is 104 Å². The number of carbonyl (C=O) groups is 1. The molecule has 0 aromatic heterocycles. The SMILES string of the molecule is CCCCC[C@H]1CC[C@H](C=CC#Cc2ccc(OC(=O)[C@H]3CC[C@H](CCC)CC3)cc2)CC1. The van der Waals surface area contributed by atoms with Crippen LogP contribution < -0.4 is 4.74 Å². The molecule has 2 saturated carbocycles. The molecule has 0 unspecified atom stereocenters. The van der Waals surface area contributed by atoms with E-state index in [9.17, 15) is 4.79 Å². The van der Waals surface area contributed by atoms with E-state index in [1.165, 1.54) is 64.2 Å². The van der Waals surface area contributed by atoms with Crippen molar-refractivity contribution in [2.24, 2.45) is 23.7 Å². The molecule has 0 atom stereocenters. The Balaban J connectivity index is 1.37. The number of rotatable bonds is 9. The minimum atomic E-state index is -0.0631. The van der Waals surface area contributed by atoms with Crippen molar-refractivity contribution in [2.75, 3.05) is 0 Å². The van der Waals surface area contributed by atoms with Crippen molar-refractivity contribution in [1.29, 1.82) is 0 Å². The first-order valence-corrected chi connectivity index (χ1v) is 13.7. The summed E-state index contributed by atoms with van der Waals surface area (Å²) in [5.41, 5.74) is 0.958. The lowest BCUT2D eigenvalue weighted by atomic mass is 9.79. The Morgan fingerprint density at radius 1 is 0.879 bits per heavy atom. The number of unbranched alkanes of at least 4 members (excludes halogenated alkanes) is 2. The van der Waals surface area contributed by atoms with Gasteiger partial charge in [0.15, 0.2) is 0 Å². The monoisotopic (exact) mass is 448 g/mol. The summed E-state index contributed by atoms with van der Waals surface area (Å²) in [6.07, 6.45) is 22.1. The van der Waals surface area contributed by atoms with E-state index >= 15 is 0 Å². The quantitative estimate of drug-likeness (QED) is 0.164. The molecule has 33 heavy (non-hydrogen) atoms. The van der Waals surface area contributed by atoms with E-state index in [4.69, 9.17) is 4.74 Å². The summed E-state index contributed by atoms with van der Waals surface area (Å²) in [7, 11) is 0. The van der Waals surface area contributed by atoms with Crippen molar-refractivity contribution in [3.63, 3.8) is 0 Å². The molecule has 0 bridgehead atoms. The highest BCUT2D eigenvalue weighted by atomic mass is 16.5. The van der Waals surface area contributed by atoms with Crippen LogP contribution in [0.4, 0.5) is 0 Å². The predicted molar refractivity (Wildman–Crippen MR) is 138 cm³/mol. The summed E-state index contributed by atoms with van der Waals surface area (Å²) >= 11 is 0. The van der Waals surface area contributed by atoms with Gasteiger partial charge >= 0.3 is 5.97 Å². The molecule has 2 heteroatoms. The van der Waals surface area contributed by atoms with E-state index < -0.39 is 0 Å². The number of esters is 1. The van der Waals surface area contributed by atoms with Gasteiger partial charge in [0, 0.05) is 5.56 Å². The number of hydrogen-bond donors (Lipinski definition) is 0. The molecule has 0 saturated heterocycles. The third kappa shape index (κ3) is 9.04. The largest absolute Gasteiger partial charge is 0.426 e. The standard InChI is InChI=1S/C31H44O2/c1-3-5-6-10-26-13-15-27(16-14-26)11-7-8-12-28-19-23-30(24-20-28)33-31(32)29-21-17-25(9-4-2)18-22-29/h7,11,19-20,23-27,29H,3-6,9-10,13-18,21-22H2,1-2H3/t25-,26-,27-,29-. The summed E-state index contributed by atoms with van der Waals surface area (Å²) in [6, 6.07) is 7.63. The van der Waals surface area contributed by atoms with Gasteiger partial charge in [0.2, 0.25) is 0 Å². The molecule has 180 valence electrons. The van der Waals surface area contributed by atoms with Crippen LogP contribution in [0.25, 0.3) is 0 Å². The summed E-state index contributed by atoms with van der Waals surface area (Å²) in [4.78, 5) is 12.5. The molecule has 0 N–H and O–H groups in total. The second kappa shape index (κ2) is 14.3. The average molecular weight is 449 g/mol. The first-order chi connectivity index (χ1) is 16.2. The lowest BCUT2D eigenvalue weighted by Gasteiger charge is -2.26. The molecule has 0 aliphatic heterocycles. The fourth-order valence-electron chi connectivity index (χ4n) is 5.56. The predicted octanol–water partition coefficient (Wildman–Crippen LogP) is 8.49. The van der Waals surface area contributed by atoms with Gasteiger partial charge < -0.3 is 4.74 Å². The fourth-order valence-corrected chi connectivity index (χ4v) is 5.56. The molecule has 3 rings (SSSR count). The molecule has 2 nitrogen and oxygen atoms in total.